The Labute approximate surface area is 166 Å². The minimum atomic E-state index is -0.671. The quantitative estimate of drug-likeness (QED) is 0.763. The highest BCUT2D eigenvalue weighted by atomic mass is 16.5. The largest absolute Gasteiger partial charge is 0.376 e. The molecule has 2 atom stereocenters. The third kappa shape index (κ3) is 5.20. The van der Waals surface area contributed by atoms with E-state index in [0.717, 1.165) is 30.6 Å². The molecule has 0 aromatic heterocycles. The minimum absolute atomic E-state index is 0.0510. The number of ether oxygens (including phenoxy) is 1. The van der Waals surface area contributed by atoms with E-state index in [1.54, 1.807) is 4.90 Å². The van der Waals surface area contributed by atoms with Gasteiger partial charge in [0.2, 0.25) is 11.8 Å². The Bertz CT molecular complexity index is 758. The Morgan fingerprint density at radius 2 is 1.79 bits per heavy atom. The van der Waals surface area contributed by atoms with Crippen LogP contribution in [0.1, 0.15) is 43.4 Å². The zero-order valence-corrected chi connectivity index (χ0v) is 16.3. The molecule has 28 heavy (non-hydrogen) atoms. The number of rotatable bonds is 8. The fourth-order valence-corrected chi connectivity index (χ4v) is 3.53. The predicted molar refractivity (Wildman–Crippen MR) is 108 cm³/mol. The maximum absolute atomic E-state index is 13.2. The van der Waals surface area contributed by atoms with Gasteiger partial charge in [-0.2, -0.15) is 0 Å². The molecule has 1 aliphatic heterocycles. The maximum atomic E-state index is 13.2. The van der Waals surface area contributed by atoms with Gasteiger partial charge in [-0.05, 0) is 24.0 Å². The molecule has 5 nitrogen and oxygen atoms in total. The number of hydrogen-bond acceptors (Lipinski definition) is 3. The third-order valence-corrected chi connectivity index (χ3v) is 5.02. The zero-order valence-electron chi connectivity index (χ0n) is 16.3. The van der Waals surface area contributed by atoms with E-state index in [1.807, 2.05) is 67.6 Å². The molecular weight excluding hydrogens is 352 g/mol. The van der Waals surface area contributed by atoms with Crippen molar-refractivity contribution in [2.75, 3.05) is 13.2 Å². The number of nitrogens with zero attached hydrogens (tertiary/aromatic N) is 1. The van der Waals surface area contributed by atoms with Gasteiger partial charge in [0, 0.05) is 26.1 Å². The first-order valence-corrected chi connectivity index (χ1v) is 9.96. The molecule has 5 heteroatoms. The van der Waals surface area contributed by atoms with Gasteiger partial charge < -0.3 is 15.0 Å². The molecule has 1 aliphatic rings. The molecule has 0 bridgehead atoms. The highest BCUT2D eigenvalue weighted by Crippen LogP contribution is 2.25. The van der Waals surface area contributed by atoms with Crippen molar-refractivity contribution >= 4 is 11.8 Å². The van der Waals surface area contributed by atoms with E-state index < -0.39 is 6.04 Å². The first-order valence-electron chi connectivity index (χ1n) is 9.96. The van der Waals surface area contributed by atoms with Gasteiger partial charge in [-0.25, -0.2) is 0 Å². The summed E-state index contributed by atoms with van der Waals surface area (Å²) in [6, 6.07) is 18.6. The smallest absolute Gasteiger partial charge is 0.247 e. The molecule has 2 aromatic carbocycles. The fraction of sp³-hybridized carbons (Fsp3) is 0.391. The third-order valence-electron chi connectivity index (χ3n) is 5.02. The molecule has 148 valence electrons. The van der Waals surface area contributed by atoms with Crippen LogP contribution in [0.2, 0.25) is 0 Å². The Hall–Kier alpha value is -2.66. The fourth-order valence-electron chi connectivity index (χ4n) is 3.53. The Morgan fingerprint density at radius 1 is 1.11 bits per heavy atom. The van der Waals surface area contributed by atoms with Crippen molar-refractivity contribution < 1.29 is 14.3 Å². The molecule has 0 unspecified atom stereocenters. The van der Waals surface area contributed by atoms with Gasteiger partial charge in [0.1, 0.15) is 6.04 Å². The van der Waals surface area contributed by atoms with E-state index in [1.165, 1.54) is 0 Å². The van der Waals surface area contributed by atoms with E-state index in [0.29, 0.717) is 19.5 Å². The highest BCUT2D eigenvalue weighted by Gasteiger charge is 2.31. The molecule has 1 saturated heterocycles. The molecule has 0 aliphatic carbocycles. The zero-order chi connectivity index (χ0) is 19.8. The number of nitrogens with one attached hydrogen (secondary N) is 1. The summed E-state index contributed by atoms with van der Waals surface area (Å²) in [6.07, 6.45) is 2.38. The highest BCUT2D eigenvalue weighted by molar-refractivity contribution is 5.88. The number of hydrogen-bond donors (Lipinski definition) is 1. The van der Waals surface area contributed by atoms with Crippen LogP contribution in [0.4, 0.5) is 0 Å². The van der Waals surface area contributed by atoms with Crippen LogP contribution < -0.4 is 5.32 Å². The van der Waals surface area contributed by atoms with Gasteiger partial charge >= 0.3 is 0 Å². The lowest BCUT2D eigenvalue weighted by Crippen LogP contribution is -2.44. The Kier molecular flexibility index (Phi) is 7.20. The lowest BCUT2D eigenvalue weighted by Gasteiger charge is -2.31. The molecule has 3 rings (SSSR count). The molecule has 1 fully saturated rings. The molecule has 1 N–H and O–H groups in total. The van der Waals surface area contributed by atoms with Crippen molar-refractivity contribution in [3.63, 3.8) is 0 Å². The first kappa shape index (κ1) is 20.1. The standard InChI is InChI=1S/C23H28N2O3/c1-2-21(26)25(17-18-10-5-3-6-11-18)22(19-12-7-4-8-13-19)23(27)24-16-20-14-9-15-28-20/h3-8,10-13,20,22H,2,9,14-17H2,1H3,(H,24,27)/t20-,22+/m0/s1. The van der Waals surface area contributed by atoms with Gasteiger partial charge in [-0.15, -0.1) is 0 Å². The lowest BCUT2D eigenvalue weighted by atomic mass is 10.0. The van der Waals surface area contributed by atoms with Crippen LogP contribution in [0.3, 0.4) is 0 Å². The summed E-state index contributed by atoms with van der Waals surface area (Å²) in [7, 11) is 0. The number of carbonyl (C=O) groups is 2. The normalized spacial score (nSPS) is 17.1. The second-order valence-electron chi connectivity index (χ2n) is 7.05. The summed E-state index contributed by atoms with van der Waals surface area (Å²) < 4.78 is 5.62. The summed E-state index contributed by atoms with van der Waals surface area (Å²) >= 11 is 0. The van der Waals surface area contributed by atoms with Gasteiger partial charge in [0.05, 0.1) is 6.10 Å². The maximum Gasteiger partial charge on any atom is 0.247 e. The average Bonchev–Trinajstić information content (AvgIpc) is 3.26. The van der Waals surface area contributed by atoms with Crippen LogP contribution in [0.15, 0.2) is 60.7 Å². The average molecular weight is 380 g/mol. The van der Waals surface area contributed by atoms with Crippen molar-refractivity contribution in [2.24, 2.45) is 0 Å². The van der Waals surface area contributed by atoms with E-state index in [9.17, 15) is 9.59 Å². The predicted octanol–water partition coefficient (Wildman–Crippen LogP) is 3.46. The van der Waals surface area contributed by atoms with Gasteiger partial charge in [-0.3, -0.25) is 9.59 Å². The van der Waals surface area contributed by atoms with Crippen LogP contribution in [0.5, 0.6) is 0 Å². The van der Waals surface area contributed by atoms with Crippen molar-refractivity contribution in [3.8, 4) is 0 Å². The van der Waals surface area contributed by atoms with Gasteiger partial charge in [0.15, 0.2) is 0 Å². The number of carbonyl (C=O) groups excluding carboxylic acids is 2. The molecule has 0 spiro atoms. The van der Waals surface area contributed by atoms with Crippen LogP contribution in [-0.2, 0) is 20.9 Å². The first-order chi connectivity index (χ1) is 13.7. The molecule has 1 heterocycles. The molecule has 2 aromatic rings. The summed E-state index contributed by atoms with van der Waals surface area (Å²) in [5, 5.41) is 3.01. The van der Waals surface area contributed by atoms with Gasteiger partial charge in [-0.1, -0.05) is 67.6 Å². The van der Waals surface area contributed by atoms with E-state index in [-0.39, 0.29) is 17.9 Å². The topological polar surface area (TPSA) is 58.6 Å². The second kappa shape index (κ2) is 10.0. The number of amides is 2. The molecule has 0 saturated carbocycles. The lowest BCUT2D eigenvalue weighted by molar-refractivity contribution is -0.141. The second-order valence-corrected chi connectivity index (χ2v) is 7.05. The molecular formula is C23H28N2O3. The Morgan fingerprint density at radius 3 is 2.39 bits per heavy atom. The summed E-state index contributed by atoms with van der Waals surface area (Å²) in [5.74, 6) is -0.218. The van der Waals surface area contributed by atoms with E-state index in [4.69, 9.17) is 4.74 Å². The van der Waals surface area contributed by atoms with E-state index >= 15 is 0 Å². The van der Waals surface area contributed by atoms with Crippen molar-refractivity contribution in [1.29, 1.82) is 0 Å². The van der Waals surface area contributed by atoms with Crippen molar-refractivity contribution in [3.05, 3.63) is 71.8 Å². The summed E-state index contributed by atoms with van der Waals surface area (Å²) in [6.45, 7) is 3.44. The van der Waals surface area contributed by atoms with E-state index in [2.05, 4.69) is 5.32 Å². The van der Waals surface area contributed by atoms with Crippen LogP contribution >= 0.6 is 0 Å². The van der Waals surface area contributed by atoms with Gasteiger partial charge in [0.25, 0.3) is 0 Å². The summed E-state index contributed by atoms with van der Waals surface area (Å²) in [5.41, 5.74) is 1.81. The summed E-state index contributed by atoms with van der Waals surface area (Å²) in [4.78, 5) is 27.7. The van der Waals surface area contributed by atoms with Crippen molar-refractivity contribution in [1.82, 2.24) is 10.2 Å². The molecule has 0 radical (unpaired) electrons. The van der Waals surface area contributed by atoms with Crippen LogP contribution in [0.25, 0.3) is 0 Å². The van der Waals surface area contributed by atoms with Crippen LogP contribution in [-0.4, -0.2) is 36.0 Å². The van der Waals surface area contributed by atoms with Crippen molar-refractivity contribution in [2.45, 2.75) is 44.9 Å². The number of benzene rings is 2. The monoisotopic (exact) mass is 380 g/mol. The SMILES string of the molecule is CCC(=O)N(Cc1ccccc1)[C@@H](C(=O)NC[C@@H]1CCCO1)c1ccccc1. The molecule has 2 amide bonds. The van der Waals surface area contributed by atoms with Crippen LogP contribution in [0, 0.1) is 0 Å². The minimum Gasteiger partial charge on any atom is -0.376 e. The Balaban J connectivity index is 1.85.